The predicted octanol–water partition coefficient (Wildman–Crippen LogP) is 4.45. The van der Waals surface area contributed by atoms with Crippen molar-refractivity contribution in [3.8, 4) is 5.75 Å². The molecule has 1 aliphatic carbocycles. The number of benzene rings is 2. The molecule has 4 heteroatoms. The number of hydrogen-bond acceptors (Lipinski definition) is 4. The van der Waals surface area contributed by atoms with Crippen LogP contribution in [0.2, 0.25) is 0 Å². The van der Waals surface area contributed by atoms with Crippen molar-refractivity contribution in [3.63, 3.8) is 0 Å². The third-order valence-electron chi connectivity index (χ3n) is 7.17. The molecule has 3 aliphatic rings. The molecule has 0 bridgehead atoms. The van der Waals surface area contributed by atoms with Crippen LogP contribution in [0, 0.1) is 17.9 Å². The van der Waals surface area contributed by atoms with Crippen molar-refractivity contribution in [2.24, 2.45) is 11.8 Å². The first-order valence-corrected chi connectivity index (χ1v) is 11.2. The Morgan fingerprint density at radius 1 is 0.828 bits per heavy atom. The molecule has 2 aliphatic heterocycles. The summed E-state index contributed by atoms with van der Waals surface area (Å²) in [6, 6.07) is 18.7. The Bertz CT molecular complexity index is 799. The predicted molar refractivity (Wildman–Crippen MR) is 120 cm³/mol. The maximum atomic E-state index is 5.54. The molecule has 1 radical (unpaired) electrons. The second-order valence-corrected chi connectivity index (χ2v) is 8.79. The quantitative estimate of drug-likeness (QED) is 0.768. The largest absolute Gasteiger partial charge is 0.495 e. The lowest BCUT2D eigenvalue weighted by atomic mass is 9.82. The monoisotopic (exact) mass is 390 g/mol. The number of nitrogens with zero attached hydrogens (tertiary/aromatic N) is 3. The second-order valence-electron chi connectivity index (χ2n) is 8.79. The zero-order chi connectivity index (χ0) is 19.6. The summed E-state index contributed by atoms with van der Waals surface area (Å²) in [5, 5.41) is 0. The molecule has 2 aromatic rings. The number of hydrogen-bond donors (Lipinski definition) is 0. The van der Waals surface area contributed by atoms with Gasteiger partial charge in [-0.2, -0.15) is 0 Å². The summed E-state index contributed by atoms with van der Waals surface area (Å²) in [6.07, 6.45) is 5.71. The van der Waals surface area contributed by atoms with Crippen molar-refractivity contribution in [3.05, 3.63) is 48.5 Å². The second kappa shape index (κ2) is 8.17. The van der Waals surface area contributed by atoms with E-state index in [1.807, 2.05) is 12.1 Å². The molecule has 29 heavy (non-hydrogen) atoms. The fourth-order valence-electron chi connectivity index (χ4n) is 5.50. The number of anilines is 3. The normalized spacial score (nSPS) is 24.5. The van der Waals surface area contributed by atoms with E-state index in [4.69, 9.17) is 4.74 Å². The molecule has 1 saturated carbocycles. The Morgan fingerprint density at radius 2 is 1.52 bits per heavy atom. The number of ether oxygens (including phenoxy) is 1. The Kier molecular flexibility index (Phi) is 5.26. The molecule has 5 rings (SSSR count). The zero-order valence-corrected chi connectivity index (χ0v) is 17.5. The summed E-state index contributed by atoms with van der Waals surface area (Å²) >= 11 is 0. The SMILES string of the molecule is COc1ccccc1N1CCN(c2c[c]c(N3CC4CCCCC4C3)cc2)CC1. The van der Waals surface area contributed by atoms with Crippen molar-refractivity contribution < 1.29 is 4.74 Å². The molecular weight excluding hydrogens is 358 g/mol. The molecule has 0 spiro atoms. The lowest BCUT2D eigenvalue weighted by molar-refractivity contribution is 0.299. The van der Waals surface area contributed by atoms with Gasteiger partial charge in [-0.05, 0) is 55.0 Å². The summed E-state index contributed by atoms with van der Waals surface area (Å²) in [4.78, 5) is 7.49. The fourth-order valence-corrected chi connectivity index (χ4v) is 5.50. The molecule has 2 heterocycles. The van der Waals surface area contributed by atoms with Crippen LogP contribution in [0.5, 0.6) is 5.75 Å². The first-order valence-electron chi connectivity index (χ1n) is 11.2. The summed E-state index contributed by atoms with van der Waals surface area (Å²) in [6.45, 7) is 6.55. The van der Waals surface area contributed by atoms with E-state index < -0.39 is 0 Å². The highest BCUT2D eigenvalue weighted by Gasteiger charge is 2.34. The van der Waals surface area contributed by atoms with Gasteiger partial charge in [0.25, 0.3) is 0 Å². The molecule has 2 saturated heterocycles. The molecule has 2 unspecified atom stereocenters. The lowest BCUT2D eigenvalue weighted by Crippen LogP contribution is -2.46. The van der Waals surface area contributed by atoms with E-state index in [1.54, 1.807) is 7.11 Å². The summed E-state index contributed by atoms with van der Waals surface area (Å²) < 4.78 is 5.54. The molecule has 0 amide bonds. The molecule has 2 atom stereocenters. The van der Waals surface area contributed by atoms with Crippen LogP contribution >= 0.6 is 0 Å². The van der Waals surface area contributed by atoms with Crippen LogP contribution in [0.4, 0.5) is 17.1 Å². The van der Waals surface area contributed by atoms with Crippen molar-refractivity contribution in [1.82, 2.24) is 0 Å². The Labute approximate surface area is 175 Å². The maximum Gasteiger partial charge on any atom is 0.142 e. The average Bonchev–Trinajstić information content (AvgIpc) is 3.24. The van der Waals surface area contributed by atoms with E-state index in [0.29, 0.717) is 0 Å². The van der Waals surface area contributed by atoms with Gasteiger partial charge in [-0.3, -0.25) is 0 Å². The van der Waals surface area contributed by atoms with Gasteiger partial charge in [0.2, 0.25) is 0 Å². The fraction of sp³-hybridized carbons (Fsp3) is 0.520. The number of para-hydroxylation sites is 2. The minimum Gasteiger partial charge on any atom is -0.495 e. The van der Waals surface area contributed by atoms with Crippen molar-refractivity contribution in [2.75, 3.05) is 61.1 Å². The number of fused-ring (bicyclic) bond motifs is 1. The van der Waals surface area contributed by atoms with Gasteiger partial charge >= 0.3 is 0 Å². The van der Waals surface area contributed by atoms with Gasteiger partial charge < -0.3 is 19.4 Å². The maximum absolute atomic E-state index is 5.54. The van der Waals surface area contributed by atoms with Gasteiger partial charge in [0.05, 0.1) is 12.8 Å². The Balaban J connectivity index is 1.21. The van der Waals surface area contributed by atoms with E-state index in [2.05, 4.69) is 51.1 Å². The standard InChI is InChI=1S/C25H32N3O/c1-29-25-9-5-4-8-24(25)27-16-14-26(15-17-27)22-10-12-23(13-11-22)28-18-20-6-2-3-7-21(20)19-28/h4-5,8-12,20-21H,2-3,6-7,14-19H2,1H3. The zero-order valence-electron chi connectivity index (χ0n) is 17.5. The molecule has 3 fully saturated rings. The van der Waals surface area contributed by atoms with E-state index >= 15 is 0 Å². The van der Waals surface area contributed by atoms with E-state index in [-0.39, 0.29) is 0 Å². The Hall–Kier alpha value is -2.36. The molecule has 153 valence electrons. The first-order chi connectivity index (χ1) is 14.3. The van der Waals surface area contributed by atoms with Gasteiger partial charge in [-0.25, -0.2) is 0 Å². The van der Waals surface area contributed by atoms with Gasteiger partial charge in [0, 0.05) is 56.7 Å². The van der Waals surface area contributed by atoms with Crippen LogP contribution in [0.25, 0.3) is 0 Å². The van der Waals surface area contributed by atoms with Gasteiger partial charge in [-0.1, -0.05) is 25.0 Å². The molecular formula is C25H32N3O. The van der Waals surface area contributed by atoms with Crippen LogP contribution in [0.1, 0.15) is 25.7 Å². The Morgan fingerprint density at radius 3 is 2.17 bits per heavy atom. The number of methoxy groups -OCH3 is 1. The van der Waals surface area contributed by atoms with Crippen molar-refractivity contribution in [1.29, 1.82) is 0 Å². The van der Waals surface area contributed by atoms with Gasteiger partial charge in [-0.15, -0.1) is 0 Å². The summed E-state index contributed by atoms with van der Waals surface area (Å²) in [7, 11) is 1.75. The van der Waals surface area contributed by atoms with Gasteiger partial charge in [0.1, 0.15) is 5.75 Å². The van der Waals surface area contributed by atoms with Crippen LogP contribution in [0.3, 0.4) is 0 Å². The molecule has 0 aromatic heterocycles. The van der Waals surface area contributed by atoms with Crippen molar-refractivity contribution in [2.45, 2.75) is 25.7 Å². The van der Waals surface area contributed by atoms with E-state index in [0.717, 1.165) is 43.8 Å². The highest BCUT2D eigenvalue weighted by atomic mass is 16.5. The van der Waals surface area contributed by atoms with E-state index in [9.17, 15) is 0 Å². The third kappa shape index (κ3) is 3.77. The minimum atomic E-state index is 0.917. The first kappa shape index (κ1) is 18.7. The topological polar surface area (TPSA) is 19.0 Å². The van der Waals surface area contributed by atoms with E-state index in [1.165, 1.54) is 55.8 Å². The molecule has 0 N–H and O–H groups in total. The van der Waals surface area contributed by atoms with Crippen molar-refractivity contribution >= 4 is 17.1 Å². The smallest absolute Gasteiger partial charge is 0.142 e. The lowest BCUT2D eigenvalue weighted by Gasteiger charge is -2.38. The van der Waals surface area contributed by atoms with Gasteiger partial charge in [0.15, 0.2) is 0 Å². The minimum absolute atomic E-state index is 0.917. The van der Waals surface area contributed by atoms with Crippen LogP contribution < -0.4 is 19.4 Å². The highest BCUT2D eigenvalue weighted by molar-refractivity contribution is 5.61. The number of rotatable bonds is 4. The van der Waals surface area contributed by atoms with Crippen LogP contribution in [0.15, 0.2) is 42.5 Å². The summed E-state index contributed by atoms with van der Waals surface area (Å²) in [5.41, 5.74) is 3.79. The molecule has 2 aromatic carbocycles. The van der Waals surface area contributed by atoms with Crippen LogP contribution in [-0.4, -0.2) is 46.4 Å². The van der Waals surface area contributed by atoms with Crippen LogP contribution in [-0.2, 0) is 0 Å². The number of piperazine rings is 1. The molecule has 4 nitrogen and oxygen atoms in total. The average molecular weight is 391 g/mol. The third-order valence-corrected chi connectivity index (χ3v) is 7.17. The summed E-state index contributed by atoms with van der Waals surface area (Å²) in [5.74, 6) is 2.80. The highest BCUT2D eigenvalue weighted by Crippen LogP contribution is 2.38.